The molecule has 1 aliphatic carbocycles. The van der Waals surface area contributed by atoms with Gasteiger partial charge < -0.3 is 15.4 Å². The molecule has 0 aromatic rings. The summed E-state index contributed by atoms with van der Waals surface area (Å²) < 4.78 is 4.97. The third kappa shape index (κ3) is 3.46. The molecule has 4 heteroatoms. The van der Waals surface area contributed by atoms with Crippen molar-refractivity contribution in [3.63, 3.8) is 0 Å². The number of carbonyl (C=O) groups excluding carboxylic acids is 1. The average Bonchev–Trinajstić information content (AvgIpc) is 2.99. The molecule has 1 saturated carbocycles. The van der Waals surface area contributed by atoms with Gasteiger partial charge >= 0.3 is 5.97 Å². The molecule has 2 atom stereocenters. The van der Waals surface area contributed by atoms with Crippen molar-refractivity contribution in [3.8, 4) is 0 Å². The molecule has 16 heavy (non-hydrogen) atoms. The van der Waals surface area contributed by atoms with Crippen molar-refractivity contribution in [3.05, 3.63) is 0 Å². The second-order valence-corrected chi connectivity index (χ2v) is 5.13. The molecule has 1 rings (SSSR count). The van der Waals surface area contributed by atoms with Crippen LogP contribution in [0.3, 0.4) is 0 Å². The van der Waals surface area contributed by atoms with E-state index in [1.54, 1.807) is 13.8 Å². The first kappa shape index (κ1) is 13.5. The van der Waals surface area contributed by atoms with Gasteiger partial charge in [0.15, 0.2) is 0 Å². The monoisotopic (exact) mass is 228 g/mol. The van der Waals surface area contributed by atoms with E-state index in [4.69, 9.17) is 10.5 Å². The van der Waals surface area contributed by atoms with E-state index in [0.29, 0.717) is 19.2 Å². The summed E-state index contributed by atoms with van der Waals surface area (Å²) >= 11 is 0. The summed E-state index contributed by atoms with van der Waals surface area (Å²) in [5.74, 6) is 0.466. The van der Waals surface area contributed by atoms with E-state index in [0.717, 1.165) is 5.92 Å². The fraction of sp³-hybridized carbons (Fsp3) is 0.917. The lowest BCUT2D eigenvalue weighted by molar-refractivity contribution is -0.149. The number of ether oxygens (including phenoxy) is 1. The van der Waals surface area contributed by atoms with Crippen molar-refractivity contribution in [2.75, 3.05) is 20.2 Å². The molecule has 0 heterocycles. The fourth-order valence-corrected chi connectivity index (χ4v) is 1.96. The average molecular weight is 228 g/mol. The van der Waals surface area contributed by atoms with Gasteiger partial charge in [-0.05, 0) is 46.6 Å². The summed E-state index contributed by atoms with van der Waals surface area (Å²) in [6.07, 6.45) is 2.60. The van der Waals surface area contributed by atoms with Crippen LogP contribution in [0.15, 0.2) is 0 Å². The van der Waals surface area contributed by atoms with Gasteiger partial charge in [0.1, 0.15) is 5.54 Å². The number of hydrogen-bond acceptors (Lipinski definition) is 4. The van der Waals surface area contributed by atoms with Crippen molar-refractivity contribution in [2.24, 2.45) is 11.7 Å². The predicted octanol–water partition coefficient (Wildman–Crippen LogP) is 0.997. The van der Waals surface area contributed by atoms with E-state index in [1.807, 2.05) is 7.05 Å². The van der Waals surface area contributed by atoms with Crippen molar-refractivity contribution in [1.29, 1.82) is 0 Å². The van der Waals surface area contributed by atoms with E-state index in [9.17, 15) is 4.79 Å². The Morgan fingerprint density at radius 3 is 2.62 bits per heavy atom. The summed E-state index contributed by atoms with van der Waals surface area (Å²) in [6.45, 7) is 6.65. The van der Waals surface area contributed by atoms with Crippen LogP contribution < -0.4 is 5.73 Å². The number of carbonyl (C=O) groups is 1. The van der Waals surface area contributed by atoms with E-state index in [1.165, 1.54) is 12.8 Å². The van der Waals surface area contributed by atoms with E-state index < -0.39 is 5.54 Å². The van der Waals surface area contributed by atoms with Gasteiger partial charge in [0.25, 0.3) is 0 Å². The van der Waals surface area contributed by atoms with Gasteiger partial charge in [-0.15, -0.1) is 0 Å². The summed E-state index contributed by atoms with van der Waals surface area (Å²) in [4.78, 5) is 13.8. The van der Waals surface area contributed by atoms with Crippen molar-refractivity contribution >= 4 is 5.97 Å². The maximum atomic E-state index is 11.6. The molecule has 1 fully saturated rings. The molecule has 0 saturated heterocycles. The first-order valence-electron chi connectivity index (χ1n) is 6.05. The molecule has 0 aromatic carbocycles. The molecule has 0 radical (unpaired) electrons. The lowest BCUT2D eigenvalue weighted by Gasteiger charge is -2.32. The van der Waals surface area contributed by atoms with Crippen LogP contribution >= 0.6 is 0 Å². The zero-order valence-corrected chi connectivity index (χ0v) is 10.8. The molecule has 0 bridgehead atoms. The quantitative estimate of drug-likeness (QED) is 0.689. The van der Waals surface area contributed by atoms with Crippen LogP contribution in [-0.4, -0.2) is 42.6 Å². The SMILES string of the molecule is CCOC(=O)C(C)(N)CN(C)C(C)C1CC1. The Kier molecular flexibility index (Phi) is 4.33. The van der Waals surface area contributed by atoms with Gasteiger partial charge in [-0.3, -0.25) is 4.79 Å². The van der Waals surface area contributed by atoms with Crippen LogP contribution in [0.4, 0.5) is 0 Å². The van der Waals surface area contributed by atoms with Crippen molar-refractivity contribution in [2.45, 2.75) is 45.2 Å². The summed E-state index contributed by atoms with van der Waals surface area (Å²) in [5, 5.41) is 0. The normalized spacial score (nSPS) is 21.6. The molecule has 0 amide bonds. The number of hydrogen-bond donors (Lipinski definition) is 1. The van der Waals surface area contributed by atoms with Gasteiger partial charge in [-0.1, -0.05) is 0 Å². The minimum atomic E-state index is -0.909. The first-order chi connectivity index (χ1) is 7.38. The van der Waals surface area contributed by atoms with Crippen LogP contribution in [-0.2, 0) is 9.53 Å². The molecular formula is C12H24N2O2. The Morgan fingerprint density at radius 1 is 1.62 bits per heavy atom. The Morgan fingerprint density at radius 2 is 2.19 bits per heavy atom. The highest BCUT2D eigenvalue weighted by atomic mass is 16.5. The lowest BCUT2D eigenvalue weighted by Crippen LogP contribution is -2.55. The van der Waals surface area contributed by atoms with Crippen LogP contribution in [0.5, 0.6) is 0 Å². The predicted molar refractivity (Wildman–Crippen MR) is 64.0 cm³/mol. The fourth-order valence-electron chi connectivity index (χ4n) is 1.96. The maximum absolute atomic E-state index is 11.6. The maximum Gasteiger partial charge on any atom is 0.327 e. The molecular weight excluding hydrogens is 204 g/mol. The summed E-state index contributed by atoms with van der Waals surface area (Å²) in [6, 6.07) is 0.498. The number of rotatable bonds is 6. The largest absolute Gasteiger partial charge is 0.465 e. The van der Waals surface area contributed by atoms with Gasteiger partial charge in [0, 0.05) is 12.6 Å². The summed E-state index contributed by atoms with van der Waals surface area (Å²) in [5.41, 5.74) is 5.08. The Bertz CT molecular complexity index is 249. The molecule has 4 nitrogen and oxygen atoms in total. The molecule has 1 aliphatic rings. The number of esters is 1. The second kappa shape index (κ2) is 5.15. The number of likely N-dealkylation sites (N-methyl/N-ethyl adjacent to an activating group) is 1. The van der Waals surface area contributed by atoms with Gasteiger partial charge in [-0.25, -0.2) is 0 Å². The Labute approximate surface area is 98.1 Å². The van der Waals surface area contributed by atoms with E-state index >= 15 is 0 Å². The molecule has 0 aliphatic heterocycles. The molecule has 94 valence electrons. The van der Waals surface area contributed by atoms with E-state index in [-0.39, 0.29) is 5.97 Å². The van der Waals surface area contributed by atoms with Gasteiger partial charge in [0.2, 0.25) is 0 Å². The van der Waals surface area contributed by atoms with E-state index in [2.05, 4.69) is 11.8 Å². The zero-order valence-electron chi connectivity index (χ0n) is 10.8. The van der Waals surface area contributed by atoms with Gasteiger partial charge in [-0.2, -0.15) is 0 Å². The highest BCUT2D eigenvalue weighted by Crippen LogP contribution is 2.34. The van der Waals surface area contributed by atoms with Gasteiger partial charge in [0.05, 0.1) is 6.61 Å². The minimum absolute atomic E-state index is 0.315. The first-order valence-corrected chi connectivity index (χ1v) is 6.05. The second-order valence-electron chi connectivity index (χ2n) is 5.13. The number of nitrogens with zero attached hydrogens (tertiary/aromatic N) is 1. The summed E-state index contributed by atoms with van der Waals surface area (Å²) in [7, 11) is 2.02. The number of nitrogens with two attached hydrogens (primary N) is 1. The zero-order chi connectivity index (χ0) is 12.3. The standard InChI is InChI=1S/C12H24N2O2/c1-5-16-11(15)12(3,13)8-14(4)9(2)10-6-7-10/h9-10H,5-8,13H2,1-4H3. The minimum Gasteiger partial charge on any atom is -0.465 e. The smallest absolute Gasteiger partial charge is 0.327 e. The van der Waals surface area contributed by atoms with Crippen molar-refractivity contribution in [1.82, 2.24) is 4.90 Å². The lowest BCUT2D eigenvalue weighted by atomic mass is 10.0. The Balaban J connectivity index is 2.46. The Hall–Kier alpha value is -0.610. The third-order valence-electron chi connectivity index (χ3n) is 3.32. The molecule has 2 N–H and O–H groups in total. The topological polar surface area (TPSA) is 55.6 Å². The molecule has 0 spiro atoms. The van der Waals surface area contributed by atoms with Crippen LogP contribution in [0.25, 0.3) is 0 Å². The van der Waals surface area contributed by atoms with Crippen LogP contribution in [0, 0.1) is 5.92 Å². The van der Waals surface area contributed by atoms with Crippen LogP contribution in [0.1, 0.15) is 33.6 Å². The van der Waals surface area contributed by atoms with Crippen LogP contribution in [0.2, 0.25) is 0 Å². The third-order valence-corrected chi connectivity index (χ3v) is 3.32. The molecule has 0 aromatic heterocycles. The highest BCUT2D eigenvalue weighted by Gasteiger charge is 2.36. The van der Waals surface area contributed by atoms with Crippen molar-refractivity contribution < 1.29 is 9.53 Å². The highest BCUT2D eigenvalue weighted by molar-refractivity contribution is 5.80. The molecule has 2 unspecified atom stereocenters.